The molecular formula is C16H16N2O3S. The molecule has 2 heterocycles. The fourth-order valence-electron chi connectivity index (χ4n) is 2.20. The maximum Gasteiger partial charge on any atom is 0.265 e. The van der Waals surface area contributed by atoms with Crippen molar-refractivity contribution in [2.24, 2.45) is 0 Å². The molecule has 1 aliphatic heterocycles. The first kappa shape index (κ1) is 14.6. The Morgan fingerprint density at radius 2 is 2.27 bits per heavy atom. The summed E-state index contributed by atoms with van der Waals surface area (Å²) in [5.74, 6) is 0.473. The largest absolute Gasteiger partial charge is 0.479 e. The predicted octanol–water partition coefficient (Wildman–Crippen LogP) is 2.33. The summed E-state index contributed by atoms with van der Waals surface area (Å²) < 4.78 is 5.50. The van der Waals surface area contributed by atoms with Crippen LogP contribution in [0.2, 0.25) is 0 Å². The van der Waals surface area contributed by atoms with Crippen molar-refractivity contribution in [1.82, 2.24) is 5.32 Å². The molecule has 6 heteroatoms. The van der Waals surface area contributed by atoms with E-state index >= 15 is 0 Å². The molecule has 0 aliphatic carbocycles. The summed E-state index contributed by atoms with van der Waals surface area (Å²) in [6.07, 6.45) is -0.0937. The molecule has 2 aromatic rings. The Labute approximate surface area is 132 Å². The molecule has 0 bridgehead atoms. The molecule has 5 nitrogen and oxygen atoms in total. The summed E-state index contributed by atoms with van der Waals surface area (Å²) in [6.45, 7) is 2.12. The van der Waals surface area contributed by atoms with Gasteiger partial charge >= 0.3 is 0 Å². The molecule has 0 fully saturated rings. The standard InChI is InChI=1S/C16H16N2O3S/c1-10-16(20)18-13-7-11(4-5-14(13)21-10)9-17-15(19)8-12-3-2-6-22-12/h2-7,10H,8-9H2,1H3,(H,17,19)(H,18,20). The molecule has 1 aliphatic rings. The van der Waals surface area contributed by atoms with Gasteiger partial charge in [-0.05, 0) is 36.1 Å². The first-order chi connectivity index (χ1) is 10.6. The van der Waals surface area contributed by atoms with Crippen molar-refractivity contribution in [1.29, 1.82) is 0 Å². The molecule has 22 heavy (non-hydrogen) atoms. The summed E-state index contributed by atoms with van der Waals surface area (Å²) in [5.41, 5.74) is 1.56. The van der Waals surface area contributed by atoms with Crippen LogP contribution in [-0.2, 0) is 22.6 Å². The quantitative estimate of drug-likeness (QED) is 0.909. The van der Waals surface area contributed by atoms with E-state index in [-0.39, 0.29) is 11.8 Å². The summed E-state index contributed by atoms with van der Waals surface area (Å²) in [5, 5.41) is 7.63. The van der Waals surface area contributed by atoms with Crippen LogP contribution in [0.15, 0.2) is 35.7 Å². The first-order valence-corrected chi connectivity index (χ1v) is 7.89. The highest BCUT2D eigenvalue weighted by molar-refractivity contribution is 7.10. The lowest BCUT2D eigenvalue weighted by Gasteiger charge is -2.23. The van der Waals surface area contributed by atoms with Gasteiger partial charge < -0.3 is 15.4 Å². The second-order valence-electron chi connectivity index (χ2n) is 5.11. The summed E-state index contributed by atoms with van der Waals surface area (Å²) in [4.78, 5) is 24.5. The molecule has 114 valence electrons. The molecule has 0 saturated heterocycles. The van der Waals surface area contributed by atoms with Crippen molar-refractivity contribution >= 4 is 28.8 Å². The van der Waals surface area contributed by atoms with Crippen LogP contribution in [0.4, 0.5) is 5.69 Å². The van der Waals surface area contributed by atoms with Crippen LogP contribution in [0.3, 0.4) is 0 Å². The van der Waals surface area contributed by atoms with E-state index in [1.54, 1.807) is 18.3 Å². The molecular weight excluding hydrogens is 300 g/mol. The fraction of sp³-hybridized carbons (Fsp3) is 0.250. The average Bonchev–Trinajstić information content (AvgIpc) is 2.99. The topological polar surface area (TPSA) is 67.4 Å². The van der Waals surface area contributed by atoms with Gasteiger partial charge in [-0.15, -0.1) is 11.3 Å². The zero-order valence-corrected chi connectivity index (χ0v) is 12.9. The average molecular weight is 316 g/mol. The Balaban J connectivity index is 1.60. The van der Waals surface area contributed by atoms with Gasteiger partial charge in [-0.25, -0.2) is 0 Å². The van der Waals surface area contributed by atoms with E-state index in [0.29, 0.717) is 24.4 Å². The number of amides is 2. The second-order valence-corrected chi connectivity index (χ2v) is 6.14. The Hall–Kier alpha value is -2.34. The number of fused-ring (bicyclic) bond motifs is 1. The lowest BCUT2D eigenvalue weighted by Crippen LogP contribution is -2.34. The monoisotopic (exact) mass is 316 g/mol. The van der Waals surface area contributed by atoms with Gasteiger partial charge in [0.25, 0.3) is 5.91 Å². The van der Waals surface area contributed by atoms with Crippen LogP contribution < -0.4 is 15.4 Å². The van der Waals surface area contributed by atoms with Gasteiger partial charge in [-0.1, -0.05) is 12.1 Å². The van der Waals surface area contributed by atoms with E-state index in [1.807, 2.05) is 35.7 Å². The summed E-state index contributed by atoms with van der Waals surface area (Å²) >= 11 is 1.57. The molecule has 3 rings (SSSR count). The van der Waals surface area contributed by atoms with E-state index < -0.39 is 6.10 Å². The third-order valence-electron chi connectivity index (χ3n) is 3.38. The number of carbonyl (C=O) groups excluding carboxylic acids is 2. The van der Waals surface area contributed by atoms with Crippen molar-refractivity contribution in [3.63, 3.8) is 0 Å². The normalized spacial score (nSPS) is 16.4. The SMILES string of the molecule is CC1Oc2ccc(CNC(=O)Cc3cccs3)cc2NC1=O. The van der Waals surface area contributed by atoms with Crippen molar-refractivity contribution < 1.29 is 14.3 Å². The number of nitrogens with one attached hydrogen (secondary N) is 2. The zero-order chi connectivity index (χ0) is 15.5. The predicted molar refractivity (Wildman–Crippen MR) is 85.0 cm³/mol. The van der Waals surface area contributed by atoms with Crippen LogP contribution in [0.25, 0.3) is 0 Å². The first-order valence-electron chi connectivity index (χ1n) is 7.01. The Morgan fingerprint density at radius 3 is 3.05 bits per heavy atom. The number of hydrogen-bond acceptors (Lipinski definition) is 4. The second kappa shape index (κ2) is 6.19. The van der Waals surface area contributed by atoms with Crippen molar-refractivity contribution in [2.75, 3.05) is 5.32 Å². The number of ether oxygens (including phenoxy) is 1. The van der Waals surface area contributed by atoms with Crippen molar-refractivity contribution in [3.05, 3.63) is 46.2 Å². The highest BCUT2D eigenvalue weighted by Gasteiger charge is 2.23. The number of thiophene rings is 1. The molecule has 0 spiro atoms. The van der Waals surface area contributed by atoms with Gasteiger partial charge in [0.15, 0.2) is 6.10 Å². The number of rotatable bonds is 4. The van der Waals surface area contributed by atoms with Gasteiger partial charge in [0, 0.05) is 11.4 Å². The third-order valence-corrected chi connectivity index (χ3v) is 4.26. The van der Waals surface area contributed by atoms with Gasteiger partial charge in [-0.3, -0.25) is 9.59 Å². The smallest absolute Gasteiger partial charge is 0.265 e. The molecule has 2 amide bonds. The highest BCUT2D eigenvalue weighted by Crippen LogP contribution is 2.30. The van der Waals surface area contributed by atoms with Crippen molar-refractivity contribution in [3.8, 4) is 5.75 Å². The van der Waals surface area contributed by atoms with E-state index in [1.165, 1.54) is 0 Å². The number of anilines is 1. The van der Waals surface area contributed by atoms with Crippen LogP contribution in [-0.4, -0.2) is 17.9 Å². The minimum Gasteiger partial charge on any atom is -0.479 e. The van der Waals surface area contributed by atoms with E-state index in [0.717, 1.165) is 10.4 Å². The highest BCUT2D eigenvalue weighted by atomic mass is 32.1. The van der Waals surface area contributed by atoms with Gasteiger partial charge in [0.2, 0.25) is 5.91 Å². The Morgan fingerprint density at radius 1 is 1.41 bits per heavy atom. The maximum atomic E-state index is 11.9. The lowest BCUT2D eigenvalue weighted by atomic mass is 10.1. The van der Waals surface area contributed by atoms with Gasteiger partial charge in [0.1, 0.15) is 5.75 Å². The van der Waals surface area contributed by atoms with E-state index in [9.17, 15) is 9.59 Å². The maximum absolute atomic E-state index is 11.9. The van der Waals surface area contributed by atoms with Crippen molar-refractivity contribution in [2.45, 2.75) is 26.0 Å². The summed E-state index contributed by atoms with van der Waals surface area (Å²) in [6, 6.07) is 9.39. The van der Waals surface area contributed by atoms with Gasteiger partial charge in [-0.2, -0.15) is 0 Å². The number of benzene rings is 1. The van der Waals surface area contributed by atoms with Crippen LogP contribution in [0.5, 0.6) is 5.75 Å². The lowest BCUT2D eigenvalue weighted by molar-refractivity contribution is -0.123. The minimum atomic E-state index is -0.483. The van der Waals surface area contributed by atoms with Crippen LogP contribution in [0.1, 0.15) is 17.4 Å². The van der Waals surface area contributed by atoms with Crippen LogP contribution in [0, 0.1) is 0 Å². The van der Waals surface area contributed by atoms with E-state index in [4.69, 9.17) is 4.74 Å². The summed E-state index contributed by atoms with van der Waals surface area (Å²) in [7, 11) is 0. The Bertz CT molecular complexity index is 697. The van der Waals surface area contributed by atoms with E-state index in [2.05, 4.69) is 10.6 Å². The molecule has 0 radical (unpaired) electrons. The number of carbonyl (C=O) groups is 2. The molecule has 2 N–H and O–H groups in total. The molecule has 1 aromatic carbocycles. The molecule has 0 saturated carbocycles. The molecule has 1 atom stereocenters. The van der Waals surface area contributed by atoms with Crippen LogP contribution >= 0.6 is 11.3 Å². The zero-order valence-electron chi connectivity index (χ0n) is 12.1. The molecule has 1 aromatic heterocycles. The van der Waals surface area contributed by atoms with Gasteiger partial charge in [0.05, 0.1) is 12.1 Å². The Kier molecular flexibility index (Phi) is 4.11. The third kappa shape index (κ3) is 3.28. The fourth-order valence-corrected chi connectivity index (χ4v) is 2.90. The minimum absolute atomic E-state index is 0.0194. The number of hydrogen-bond donors (Lipinski definition) is 2. The molecule has 1 unspecified atom stereocenters.